The van der Waals surface area contributed by atoms with Gasteiger partial charge in [0.1, 0.15) is 5.16 Å². The Morgan fingerprint density at radius 3 is 2.57 bits per heavy atom. The molecule has 7 heteroatoms. The monoisotopic (exact) mass is 407 g/mol. The van der Waals surface area contributed by atoms with Gasteiger partial charge in [-0.05, 0) is 34.1 Å². The van der Waals surface area contributed by atoms with Gasteiger partial charge in [-0.1, -0.05) is 41.4 Å². The highest BCUT2D eigenvalue weighted by Crippen LogP contribution is 2.23. The fourth-order valence-electron chi connectivity index (χ4n) is 1.37. The van der Waals surface area contributed by atoms with Gasteiger partial charge in [0.25, 0.3) is 0 Å². The van der Waals surface area contributed by atoms with Crippen molar-refractivity contribution in [1.82, 2.24) is 5.01 Å². The number of halogens is 4. The first-order chi connectivity index (χ1) is 9.85. The van der Waals surface area contributed by atoms with E-state index in [0.29, 0.717) is 25.4 Å². The Balaban J connectivity index is 3.06. The largest absolute Gasteiger partial charge is 0.288 e. The Bertz CT molecular complexity index is 624. The Kier molecular flexibility index (Phi) is 7.46. The van der Waals surface area contributed by atoms with E-state index in [2.05, 4.69) is 32.6 Å². The highest BCUT2D eigenvalue weighted by molar-refractivity contribution is 9.12. The quantitative estimate of drug-likeness (QED) is 0.368. The van der Waals surface area contributed by atoms with Crippen LogP contribution in [0, 0.1) is 0 Å². The molecular weight excluding hydrogens is 396 g/mol. The average molecular weight is 410 g/mol. The minimum Gasteiger partial charge on any atom is -0.288 e. The molecular formula is C14H13BrCl3N3. The molecule has 1 aromatic carbocycles. The van der Waals surface area contributed by atoms with Gasteiger partial charge in [0.2, 0.25) is 0 Å². The molecule has 0 spiro atoms. The standard InChI is InChI=1S/C14H13BrCl3N3/c1-9(15)8-20-21(3)14(18)7-13(19-2)11-5-4-10(16)6-12(11)17/h4-8H,1H2,2-3H3/b14-7-,19-13?,20-8-. The number of hydrogen-bond donors (Lipinski definition) is 0. The van der Waals surface area contributed by atoms with E-state index < -0.39 is 0 Å². The van der Waals surface area contributed by atoms with Gasteiger partial charge in [0, 0.05) is 35.2 Å². The lowest BCUT2D eigenvalue weighted by Gasteiger charge is -2.12. The smallest absolute Gasteiger partial charge is 0.127 e. The lowest BCUT2D eigenvalue weighted by Crippen LogP contribution is -2.09. The molecule has 21 heavy (non-hydrogen) atoms. The maximum Gasteiger partial charge on any atom is 0.127 e. The van der Waals surface area contributed by atoms with Crippen molar-refractivity contribution in [3.05, 3.63) is 56.1 Å². The minimum atomic E-state index is 0.381. The third-order valence-electron chi connectivity index (χ3n) is 2.38. The molecule has 0 saturated heterocycles. The summed E-state index contributed by atoms with van der Waals surface area (Å²) in [6, 6.07) is 5.19. The molecule has 0 aliphatic rings. The van der Waals surface area contributed by atoms with Crippen LogP contribution in [0.4, 0.5) is 0 Å². The molecule has 3 nitrogen and oxygen atoms in total. The molecule has 0 N–H and O–H groups in total. The summed E-state index contributed by atoms with van der Waals surface area (Å²) >= 11 is 21.4. The Morgan fingerprint density at radius 1 is 1.38 bits per heavy atom. The molecule has 0 aliphatic heterocycles. The molecule has 0 heterocycles. The van der Waals surface area contributed by atoms with Crippen molar-refractivity contribution in [3.8, 4) is 0 Å². The zero-order valence-corrected chi connectivity index (χ0v) is 15.3. The summed E-state index contributed by atoms with van der Waals surface area (Å²) in [7, 11) is 3.37. The van der Waals surface area contributed by atoms with Gasteiger partial charge >= 0.3 is 0 Å². The number of allylic oxidation sites excluding steroid dienone is 2. The fourth-order valence-corrected chi connectivity index (χ4v) is 2.11. The van der Waals surface area contributed by atoms with Crippen molar-refractivity contribution in [2.75, 3.05) is 14.1 Å². The minimum absolute atomic E-state index is 0.381. The van der Waals surface area contributed by atoms with Crippen LogP contribution in [0.15, 0.2) is 50.6 Å². The first kappa shape index (κ1) is 18.2. The van der Waals surface area contributed by atoms with Gasteiger partial charge in [0.05, 0.1) is 16.9 Å². The van der Waals surface area contributed by atoms with Gasteiger partial charge < -0.3 is 0 Å². The van der Waals surface area contributed by atoms with E-state index >= 15 is 0 Å². The van der Waals surface area contributed by atoms with Crippen LogP contribution in [-0.4, -0.2) is 31.0 Å². The molecule has 0 saturated carbocycles. The van der Waals surface area contributed by atoms with Crippen molar-refractivity contribution < 1.29 is 0 Å². The fraction of sp³-hybridized carbons (Fsp3) is 0.143. The van der Waals surface area contributed by atoms with Crippen LogP contribution >= 0.6 is 50.7 Å². The van der Waals surface area contributed by atoms with Crippen LogP contribution in [0.2, 0.25) is 10.0 Å². The van der Waals surface area contributed by atoms with Gasteiger partial charge in [0.15, 0.2) is 0 Å². The molecule has 112 valence electrons. The molecule has 0 fully saturated rings. The summed E-state index contributed by atoms with van der Waals surface area (Å²) < 4.78 is 0.643. The number of hydrazone groups is 1. The molecule has 0 atom stereocenters. The summed E-state index contributed by atoms with van der Waals surface area (Å²) in [5.74, 6) is 0. The molecule has 1 aromatic rings. The molecule has 0 aliphatic carbocycles. The normalized spacial score (nSPS) is 12.9. The van der Waals surface area contributed by atoms with Crippen LogP contribution < -0.4 is 0 Å². The van der Waals surface area contributed by atoms with Gasteiger partial charge in [-0.2, -0.15) is 5.10 Å². The van der Waals surface area contributed by atoms with Crippen LogP contribution in [0.1, 0.15) is 5.56 Å². The van der Waals surface area contributed by atoms with Crippen molar-refractivity contribution >= 4 is 62.7 Å². The van der Waals surface area contributed by atoms with Crippen molar-refractivity contribution in [2.24, 2.45) is 10.1 Å². The third kappa shape index (κ3) is 5.83. The van der Waals surface area contributed by atoms with E-state index in [-0.39, 0.29) is 0 Å². The second kappa shape index (κ2) is 8.59. The summed E-state index contributed by atoms with van der Waals surface area (Å²) in [4.78, 5) is 4.19. The summed E-state index contributed by atoms with van der Waals surface area (Å²) in [6.07, 6.45) is 3.21. The van der Waals surface area contributed by atoms with Crippen LogP contribution in [0.3, 0.4) is 0 Å². The van der Waals surface area contributed by atoms with E-state index in [4.69, 9.17) is 34.8 Å². The van der Waals surface area contributed by atoms with Crippen LogP contribution in [0.5, 0.6) is 0 Å². The second-order valence-electron chi connectivity index (χ2n) is 3.92. The van der Waals surface area contributed by atoms with E-state index in [1.807, 2.05) is 0 Å². The van der Waals surface area contributed by atoms with Gasteiger partial charge in [-0.15, -0.1) is 0 Å². The predicted molar refractivity (Wildman–Crippen MR) is 97.2 cm³/mol. The maximum absolute atomic E-state index is 6.20. The highest BCUT2D eigenvalue weighted by atomic mass is 79.9. The predicted octanol–water partition coefficient (Wildman–Crippen LogP) is 5.32. The second-order valence-corrected chi connectivity index (χ2v) is 6.16. The first-order valence-corrected chi connectivity index (χ1v) is 7.69. The lowest BCUT2D eigenvalue weighted by molar-refractivity contribution is 0.479. The molecule has 1 rings (SSSR count). The van der Waals surface area contributed by atoms with Crippen molar-refractivity contribution in [2.45, 2.75) is 0 Å². The van der Waals surface area contributed by atoms with E-state index in [1.54, 1.807) is 38.4 Å². The Labute approximate surface area is 147 Å². The topological polar surface area (TPSA) is 28.0 Å². The lowest BCUT2D eigenvalue weighted by atomic mass is 10.1. The van der Waals surface area contributed by atoms with Crippen molar-refractivity contribution in [3.63, 3.8) is 0 Å². The Morgan fingerprint density at radius 2 is 2.05 bits per heavy atom. The molecule has 0 radical (unpaired) electrons. The number of hydrogen-bond acceptors (Lipinski definition) is 3. The zero-order chi connectivity index (χ0) is 16.0. The number of aliphatic imine (C=N–C) groups is 1. The van der Waals surface area contributed by atoms with Gasteiger partial charge in [-0.3, -0.25) is 10.0 Å². The first-order valence-electron chi connectivity index (χ1n) is 5.76. The zero-order valence-electron chi connectivity index (χ0n) is 11.4. The third-order valence-corrected chi connectivity index (χ3v) is 3.49. The molecule has 0 bridgehead atoms. The van der Waals surface area contributed by atoms with E-state index in [9.17, 15) is 0 Å². The molecule has 0 unspecified atom stereocenters. The van der Waals surface area contributed by atoms with Crippen LogP contribution in [0.25, 0.3) is 0 Å². The summed E-state index contributed by atoms with van der Waals surface area (Å²) in [5.41, 5.74) is 1.37. The summed E-state index contributed by atoms with van der Waals surface area (Å²) in [5, 5.41) is 7.03. The Hall–Kier alpha value is -0.810. The summed E-state index contributed by atoms with van der Waals surface area (Å²) in [6.45, 7) is 3.66. The maximum atomic E-state index is 6.20. The number of benzene rings is 1. The molecule has 0 aromatic heterocycles. The SMILES string of the molecule is C=C(Br)/C=N\N(C)/C(Cl)=C\C(=NC)c1ccc(Cl)cc1Cl. The highest BCUT2D eigenvalue weighted by Gasteiger charge is 2.08. The van der Waals surface area contributed by atoms with Crippen LogP contribution in [-0.2, 0) is 0 Å². The number of rotatable bonds is 5. The average Bonchev–Trinajstić information content (AvgIpc) is 2.42. The van der Waals surface area contributed by atoms with E-state index in [0.717, 1.165) is 5.56 Å². The van der Waals surface area contributed by atoms with E-state index in [1.165, 1.54) is 11.2 Å². The van der Waals surface area contributed by atoms with Crippen molar-refractivity contribution in [1.29, 1.82) is 0 Å². The number of nitrogens with zero attached hydrogens (tertiary/aromatic N) is 3. The molecule has 0 amide bonds. The van der Waals surface area contributed by atoms with Gasteiger partial charge in [-0.25, -0.2) is 0 Å².